The number of aliphatic hydroxyl groups excluding tert-OH is 1. The van der Waals surface area contributed by atoms with Crippen LogP contribution >= 0.6 is 11.6 Å². The number of allylic oxidation sites excluding steroid dienone is 2. The lowest BCUT2D eigenvalue weighted by molar-refractivity contribution is -0.138. The largest absolute Gasteiger partial charge is 0.512 e. The SMILES string of the molecule is CCc1ccc(Oc2ncc(Cl)cc2C(F)(F)F)cc1C1=C(O)CC2(CCOCC2)CC1=O. The Morgan fingerprint density at radius 3 is 2.58 bits per heavy atom. The number of carbonyl (C=O) groups excluding carboxylic acids is 1. The zero-order chi connectivity index (χ0) is 23.8. The van der Waals surface area contributed by atoms with E-state index >= 15 is 0 Å². The Kier molecular flexibility index (Phi) is 6.42. The molecule has 176 valence electrons. The molecule has 1 N–H and O–H groups in total. The van der Waals surface area contributed by atoms with Gasteiger partial charge in [-0.25, -0.2) is 4.98 Å². The van der Waals surface area contributed by atoms with Crippen LogP contribution in [-0.4, -0.2) is 29.1 Å². The smallest absolute Gasteiger partial charge is 0.421 e. The predicted molar refractivity (Wildman–Crippen MR) is 116 cm³/mol. The fraction of sp³-hybridized carbons (Fsp3) is 0.417. The van der Waals surface area contributed by atoms with Gasteiger partial charge in [0.25, 0.3) is 0 Å². The zero-order valence-electron chi connectivity index (χ0n) is 18.0. The highest BCUT2D eigenvalue weighted by Gasteiger charge is 2.42. The molecule has 4 rings (SSSR count). The van der Waals surface area contributed by atoms with E-state index in [1.807, 2.05) is 6.92 Å². The first kappa shape index (κ1) is 23.6. The van der Waals surface area contributed by atoms with Gasteiger partial charge in [-0.15, -0.1) is 0 Å². The predicted octanol–water partition coefficient (Wildman–Crippen LogP) is 6.54. The van der Waals surface area contributed by atoms with Crippen LogP contribution in [0.1, 0.15) is 49.3 Å². The second-order valence-corrected chi connectivity index (χ2v) is 8.93. The third-order valence-electron chi connectivity index (χ3n) is 6.27. The maximum absolute atomic E-state index is 13.4. The summed E-state index contributed by atoms with van der Waals surface area (Å²) in [6, 6.07) is 5.43. The number of pyridine rings is 1. The van der Waals surface area contributed by atoms with Gasteiger partial charge < -0.3 is 14.6 Å². The summed E-state index contributed by atoms with van der Waals surface area (Å²) in [6.45, 7) is 3.00. The minimum absolute atomic E-state index is 0.000554. The molecule has 1 saturated heterocycles. The van der Waals surface area contributed by atoms with E-state index < -0.39 is 17.6 Å². The second-order valence-electron chi connectivity index (χ2n) is 8.49. The molecule has 5 nitrogen and oxygen atoms in total. The molecule has 0 radical (unpaired) electrons. The van der Waals surface area contributed by atoms with Crippen molar-refractivity contribution >= 4 is 23.0 Å². The molecule has 2 aliphatic rings. The molecule has 33 heavy (non-hydrogen) atoms. The number of aromatic nitrogens is 1. The summed E-state index contributed by atoms with van der Waals surface area (Å²) in [6.07, 6.45) is -1.03. The van der Waals surface area contributed by atoms with E-state index in [1.165, 1.54) is 12.1 Å². The Balaban J connectivity index is 1.72. The van der Waals surface area contributed by atoms with Crippen molar-refractivity contribution < 1.29 is 32.5 Å². The van der Waals surface area contributed by atoms with Gasteiger partial charge in [-0.2, -0.15) is 13.2 Å². The van der Waals surface area contributed by atoms with Gasteiger partial charge in [0, 0.05) is 32.3 Å². The number of aliphatic hydroxyl groups is 1. The molecular weight excluding hydrogens is 459 g/mol. The zero-order valence-corrected chi connectivity index (χ0v) is 18.7. The first-order chi connectivity index (χ1) is 15.6. The quantitative estimate of drug-likeness (QED) is 0.537. The van der Waals surface area contributed by atoms with Gasteiger partial charge >= 0.3 is 6.18 Å². The number of Topliss-reactive ketones (excluding diaryl/α,β-unsaturated/α-hetero) is 1. The summed E-state index contributed by atoms with van der Waals surface area (Å²) in [5.41, 5.74) is 0.0308. The van der Waals surface area contributed by atoms with Crippen molar-refractivity contribution in [3.05, 3.63) is 57.9 Å². The highest BCUT2D eigenvalue weighted by molar-refractivity contribution is 6.30. The molecular formula is C24H23ClF3NO4. The molecule has 9 heteroatoms. The van der Waals surface area contributed by atoms with Gasteiger partial charge in [-0.05, 0) is 54.0 Å². The van der Waals surface area contributed by atoms with Crippen molar-refractivity contribution in [1.82, 2.24) is 4.98 Å². The Hall–Kier alpha value is -2.58. The summed E-state index contributed by atoms with van der Waals surface area (Å²) in [5.74, 6) is -0.757. The normalized spacial score (nSPS) is 18.6. The van der Waals surface area contributed by atoms with Crippen molar-refractivity contribution in [3.8, 4) is 11.6 Å². The third kappa shape index (κ3) is 4.87. The van der Waals surface area contributed by atoms with Gasteiger partial charge in [-0.3, -0.25) is 4.79 Å². The summed E-state index contributed by atoms with van der Waals surface area (Å²) in [7, 11) is 0. The Morgan fingerprint density at radius 1 is 1.21 bits per heavy atom. The summed E-state index contributed by atoms with van der Waals surface area (Å²) >= 11 is 5.69. The number of benzene rings is 1. The first-order valence-electron chi connectivity index (χ1n) is 10.7. The number of carbonyl (C=O) groups is 1. The lowest BCUT2D eigenvalue weighted by Crippen LogP contribution is -2.36. The number of hydrogen-bond acceptors (Lipinski definition) is 5. The van der Waals surface area contributed by atoms with Crippen molar-refractivity contribution in [1.29, 1.82) is 0 Å². The first-order valence-corrected chi connectivity index (χ1v) is 11.1. The van der Waals surface area contributed by atoms with Crippen molar-refractivity contribution in [2.24, 2.45) is 5.41 Å². The molecule has 1 aromatic heterocycles. The van der Waals surface area contributed by atoms with Crippen LogP contribution in [0.15, 0.2) is 36.2 Å². The number of rotatable bonds is 4. The van der Waals surface area contributed by atoms with Gasteiger partial charge in [0.1, 0.15) is 17.1 Å². The molecule has 0 atom stereocenters. The van der Waals surface area contributed by atoms with E-state index in [1.54, 1.807) is 6.07 Å². The number of alkyl halides is 3. The van der Waals surface area contributed by atoms with Crippen molar-refractivity contribution in [2.45, 2.75) is 45.2 Å². The van der Waals surface area contributed by atoms with E-state index in [0.29, 0.717) is 50.9 Å². The van der Waals surface area contributed by atoms with Crippen LogP contribution in [0.2, 0.25) is 5.02 Å². The highest BCUT2D eigenvalue weighted by Crippen LogP contribution is 2.47. The number of hydrogen-bond donors (Lipinski definition) is 1. The van der Waals surface area contributed by atoms with Crippen molar-refractivity contribution in [2.75, 3.05) is 13.2 Å². The number of ketones is 1. The van der Waals surface area contributed by atoms with Crippen LogP contribution in [-0.2, 0) is 22.1 Å². The van der Waals surface area contributed by atoms with E-state index in [-0.39, 0.29) is 33.3 Å². The average molecular weight is 482 g/mol. The fourth-order valence-corrected chi connectivity index (χ4v) is 4.70. The maximum Gasteiger partial charge on any atom is 0.421 e. The Labute approximate surface area is 194 Å². The van der Waals surface area contributed by atoms with Crippen LogP contribution in [0, 0.1) is 5.41 Å². The number of nitrogens with zero attached hydrogens (tertiary/aromatic N) is 1. The van der Waals surface area contributed by atoms with Gasteiger partial charge in [0.2, 0.25) is 5.88 Å². The number of ether oxygens (including phenoxy) is 2. The minimum Gasteiger partial charge on any atom is -0.512 e. The summed E-state index contributed by atoms with van der Waals surface area (Å²) in [4.78, 5) is 16.9. The number of aryl methyl sites for hydroxylation is 1. The average Bonchev–Trinajstić information content (AvgIpc) is 2.74. The summed E-state index contributed by atoms with van der Waals surface area (Å²) < 4.78 is 51.2. The van der Waals surface area contributed by atoms with Crippen LogP contribution < -0.4 is 4.74 Å². The molecule has 1 spiro atoms. The van der Waals surface area contributed by atoms with Crippen LogP contribution in [0.5, 0.6) is 11.6 Å². The van der Waals surface area contributed by atoms with E-state index in [4.69, 9.17) is 21.1 Å². The van der Waals surface area contributed by atoms with Crippen LogP contribution in [0.3, 0.4) is 0 Å². The maximum atomic E-state index is 13.4. The van der Waals surface area contributed by atoms with Gasteiger partial charge in [0.15, 0.2) is 5.78 Å². The highest BCUT2D eigenvalue weighted by atomic mass is 35.5. The van der Waals surface area contributed by atoms with E-state index in [0.717, 1.165) is 17.8 Å². The molecule has 0 amide bonds. The molecule has 1 aliphatic carbocycles. The van der Waals surface area contributed by atoms with Crippen LogP contribution in [0.25, 0.3) is 5.57 Å². The molecule has 2 aromatic rings. The lowest BCUT2D eigenvalue weighted by Gasteiger charge is -2.39. The second kappa shape index (κ2) is 8.99. The molecule has 0 unspecified atom stereocenters. The van der Waals surface area contributed by atoms with Gasteiger partial charge in [-0.1, -0.05) is 24.6 Å². The Morgan fingerprint density at radius 2 is 1.94 bits per heavy atom. The lowest BCUT2D eigenvalue weighted by atomic mass is 9.67. The Bertz CT molecular complexity index is 1110. The fourth-order valence-electron chi connectivity index (χ4n) is 4.54. The molecule has 0 saturated carbocycles. The molecule has 2 heterocycles. The minimum atomic E-state index is -4.71. The monoisotopic (exact) mass is 481 g/mol. The number of halogens is 4. The molecule has 0 bridgehead atoms. The third-order valence-corrected chi connectivity index (χ3v) is 6.47. The summed E-state index contributed by atoms with van der Waals surface area (Å²) in [5, 5.41) is 10.7. The molecule has 1 aliphatic heterocycles. The van der Waals surface area contributed by atoms with Crippen molar-refractivity contribution in [3.63, 3.8) is 0 Å². The topological polar surface area (TPSA) is 68.7 Å². The van der Waals surface area contributed by atoms with Crippen LogP contribution in [0.4, 0.5) is 13.2 Å². The standard InChI is InChI=1S/C24H23ClF3NO4/c1-2-14-3-4-16(33-22-18(24(26,27)28)9-15(25)13-29-22)10-17(14)21-19(30)11-23(12-20(21)31)5-7-32-8-6-23/h3-4,9-10,13,30H,2,5-8,11-12H2,1H3. The van der Waals surface area contributed by atoms with E-state index in [9.17, 15) is 23.1 Å². The molecule has 1 fully saturated rings. The molecule has 1 aromatic carbocycles. The van der Waals surface area contributed by atoms with E-state index in [2.05, 4.69) is 4.98 Å². The van der Waals surface area contributed by atoms with Gasteiger partial charge in [0.05, 0.1) is 10.6 Å².